The molecule has 152 valence electrons. The van der Waals surface area contributed by atoms with E-state index in [9.17, 15) is 0 Å². The molecule has 3 aromatic carbocycles. The Kier molecular flexibility index (Phi) is 6.78. The zero-order chi connectivity index (χ0) is 19.5. The van der Waals surface area contributed by atoms with Crippen molar-refractivity contribution < 1.29 is 44.5 Å². The van der Waals surface area contributed by atoms with Gasteiger partial charge in [-0.3, -0.25) is 0 Å². The second-order valence-corrected chi connectivity index (χ2v) is 15.3. The summed E-state index contributed by atoms with van der Waals surface area (Å²) in [6.45, 7) is 0. The Morgan fingerprint density at radius 3 is 2.42 bits per heavy atom. The van der Waals surface area contributed by atoms with Crippen molar-refractivity contribution in [3.63, 3.8) is 0 Å². The number of hydrogen-bond acceptors (Lipinski definition) is 2. The summed E-state index contributed by atoms with van der Waals surface area (Å²) in [5, 5.41) is 0. The van der Waals surface area contributed by atoms with Crippen molar-refractivity contribution in [2.75, 3.05) is 0 Å². The molecule has 6 heteroatoms. The summed E-state index contributed by atoms with van der Waals surface area (Å²) in [6, 6.07) is 22.3. The van der Waals surface area contributed by atoms with Crippen LogP contribution in [-0.2, 0) is 32.6 Å². The average molecular weight is 605 g/mol. The number of hydrogen-bond donors (Lipinski definition) is 0. The fourth-order valence-corrected chi connectivity index (χ4v) is 12.5. The number of benzene rings is 3. The van der Waals surface area contributed by atoms with Crippen LogP contribution in [0.15, 0.2) is 77.5 Å². The SMILES string of the molecule is [Cl-].[Cl-].[S]=[Zr+2]([c]1cccc2c1Cc1ccccc1-2)[c]1cc(Br)cc2c1-c1cnccc1C2. The van der Waals surface area contributed by atoms with Crippen molar-refractivity contribution in [1.29, 1.82) is 0 Å². The van der Waals surface area contributed by atoms with Crippen LogP contribution in [0.2, 0.25) is 0 Å². The Bertz CT molecular complexity index is 1360. The van der Waals surface area contributed by atoms with Crippen LogP contribution in [0, 0.1) is 0 Å². The zero-order valence-electron chi connectivity index (χ0n) is 16.3. The Balaban J connectivity index is 0.00000116. The van der Waals surface area contributed by atoms with Gasteiger partial charge in [-0.2, -0.15) is 0 Å². The maximum absolute atomic E-state index is 6.41. The van der Waals surface area contributed by atoms with Gasteiger partial charge in [0.2, 0.25) is 0 Å². The summed E-state index contributed by atoms with van der Waals surface area (Å²) in [6.07, 6.45) is 5.91. The number of fused-ring (bicyclic) bond motifs is 6. The van der Waals surface area contributed by atoms with Crippen molar-refractivity contribution in [2.45, 2.75) is 12.8 Å². The van der Waals surface area contributed by atoms with Crippen LogP contribution in [0.4, 0.5) is 0 Å². The quantitative estimate of drug-likeness (QED) is 0.269. The summed E-state index contributed by atoms with van der Waals surface area (Å²) < 4.78 is 4.00. The van der Waals surface area contributed by atoms with E-state index >= 15 is 0 Å². The molecule has 1 aromatic heterocycles. The van der Waals surface area contributed by atoms with Crippen LogP contribution in [0.3, 0.4) is 0 Å². The molecule has 0 amide bonds. The van der Waals surface area contributed by atoms with Gasteiger partial charge in [0.1, 0.15) is 0 Å². The molecule has 0 radical (unpaired) electrons. The molecule has 0 atom stereocenters. The monoisotopic (exact) mass is 601 g/mol. The van der Waals surface area contributed by atoms with Gasteiger partial charge in [-0.05, 0) is 0 Å². The molecule has 0 spiro atoms. The maximum atomic E-state index is 6.41. The van der Waals surface area contributed by atoms with Gasteiger partial charge >= 0.3 is 191 Å². The van der Waals surface area contributed by atoms with E-state index in [2.05, 4.69) is 81.6 Å². The van der Waals surface area contributed by atoms with E-state index in [1.807, 2.05) is 12.4 Å². The minimum atomic E-state index is -2.51. The second-order valence-electron chi connectivity index (χ2n) is 7.69. The summed E-state index contributed by atoms with van der Waals surface area (Å²) in [4.78, 5) is 4.41. The molecule has 2 aliphatic carbocycles. The van der Waals surface area contributed by atoms with E-state index in [1.165, 1.54) is 51.1 Å². The third-order valence-electron chi connectivity index (χ3n) is 6.09. The van der Waals surface area contributed by atoms with Gasteiger partial charge in [0, 0.05) is 0 Å². The van der Waals surface area contributed by atoms with Gasteiger partial charge in [-0.25, -0.2) is 0 Å². The number of nitrogens with zero attached hydrogens (tertiary/aromatic N) is 1. The topological polar surface area (TPSA) is 12.9 Å². The molecule has 31 heavy (non-hydrogen) atoms. The van der Waals surface area contributed by atoms with Crippen molar-refractivity contribution >= 4 is 31.3 Å². The van der Waals surface area contributed by atoms with Crippen LogP contribution in [0.25, 0.3) is 22.3 Å². The number of aromatic nitrogens is 1. The van der Waals surface area contributed by atoms with Crippen molar-refractivity contribution in [3.05, 3.63) is 99.8 Å². The number of rotatable bonds is 2. The fourth-order valence-electron chi connectivity index (χ4n) is 4.82. The van der Waals surface area contributed by atoms with Crippen molar-refractivity contribution in [3.8, 4) is 22.3 Å². The molecule has 0 saturated carbocycles. The van der Waals surface area contributed by atoms with E-state index in [1.54, 1.807) is 0 Å². The number of pyridine rings is 1. The third kappa shape index (κ3) is 3.75. The summed E-state index contributed by atoms with van der Waals surface area (Å²) in [5.41, 5.74) is 11.1. The molecule has 0 fully saturated rings. The molecule has 0 saturated heterocycles. The molecule has 0 bridgehead atoms. The van der Waals surface area contributed by atoms with Gasteiger partial charge in [0.15, 0.2) is 0 Å². The first-order valence-electron chi connectivity index (χ1n) is 9.71. The van der Waals surface area contributed by atoms with Crippen LogP contribution in [0.1, 0.15) is 22.3 Å². The first kappa shape index (κ1) is 23.1. The molecule has 0 aliphatic heterocycles. The molecule has 2 aliphatic rings. The Morgan fingerprint density at radius 2 is 1.55 bits per heavy atom. The van der Waals surface area contributed by atoms with Crippen LogP contribution >= 0.6 is 24.8 Å². The van der Waals surface area contributed by atoms with Gasteiger partial charge in [0.25, 0.3) is 0 Å². The van der Waals surface area contributed by atoms with Gasteiger partial charge in [-0.15, -0.1) is 0 Å². The molecule has 0 N–H and O–H groups in total. The van der Waals surface area contributed by atoms with Crippen molar-refractivity contribution in [2.24, 2.45) is 0 Å². The molecule has 1 heterocycles. The Hall–Kier alpha value is -1.03. The van der Waals surface area contributed by atoms with E-state index in [0.29, 0.717) is 0 Å². The predicted molar refractivity (Wildman–Crippen MR) is 122 cm³/mol. The van der Waals surface area contributed by atoms with E-state index < -0.39 is 19.7 Å². The average Bonchev–Trinajstić information content (AvgIpc) is 3.30. The Labute approximate surface area is 213 Å². The predicted octanol–water partition coefficient (Wildman–Crippen LogP) is -0.324. The van der Waals surface area contributed by atoms with Crippen molar-refractivity contribution in [1.82, 2.24) is 4.98 Å². The molecule has 4 aromatic rings. The first-order valence-corrected chi connectivity index (χ1v) is 16.4. The third-order valence-corrected chi connectivity index (χ3v) is 13.7. The van der Waals surface area contributed by atoms with Crippen LogP contribution < -0.4 is 31.4 Å². The molecule has 1 nitrogen and oxygen atoms in total. The van der Waals surface area contributed by atoms with Gasteiger partial charge in [0.05, 0.1) is 0 Å². The molecular formula is C25H16BrCl2NSZr. The fraction of sp³-hybridized carbons (Fsp3) is 0.0800. The normalized spacial score (nSPS) is 11.7. The Morgan fingerprint density at radius 1 is 0.774 bits per heavy atom. The van der Waals surface area contributed by atoms with Crippen LogP contribution in [-0.4, -0.2) is 4.98 Å². The van der Waals surface area contributed by atoms with Gasteiger partial charge in [-0.1, -0.05) is 0 Å². The molecule has 6 rings (SSSR count). The summed E-state index contributed by atoms with van der Waals surface area (Å²) >= 11 is 1.25. The summed E-state index contributed by atoms with van der Waals surface area (Å²) in [7, 11) is 6.41. The van der Waals surface area contributed by atoms with E-state index in [0.717, 1.165) is 17.3 Å². The second kappa shape index (κ2) is 9.08. The standard InChI is InChI=1S/C13H9.C12H7BrN.2ClH.S.Zr/c1-3-7-12-10(5-1)9-11-6-2-4-8-13(11)12;13-10-1-2-11-9(6-10)5-8-3-4-14-7-12(8)11;;;;/h1-5,7-8H,9H2;1,3-4,6-7H,5H2;2*1H;;/q;;;;;+2/p-2. The van der Waals surface area contributed by atoms with E-state index in [4.69, 9.17) is 8.86 Å². The summed E-state index contributed by atoms with van der Waals surface area (Å²) in [5.74, 6) is 0. The molecule has 0 unspecified atom stereocenters. The van der Waals surface area contributed by atoms with Crippen LogP contribution in [0.5, 0.6) is 0 Å². The first-order chi connectivity index (χ1) is 14.2. The van der Waals surface area contributed by atoms with Gasteiger partial charge < -0.3 is 24.8 Å². The van der Waals surface area contributed by atoms with E-state index in [-0.39, 0.29) is 24.8 Å². The zero-order valence-corrected chi connectivity index (χ0v) is 22.7. The minimum absolute atomic E-state index is 0. The number of halogens is 3. The molecular weight excluding hydrogens is 588 g/mol.